The van der Waals surface area contributed by atoms with Crippen molar-refractivity contribution in [3.05, 3.63) is 34.3 Å². The van der Waals surface area contributed by atoms with Crippen LogP contribution in [-0.4, -0.2) is 44.9 Å². The zero-order chi connectivity index (χ0) is 19.3. The third kappa shape index (κ3) is 4.45. The minimum Gasteiger partial charge on any atom is -0.342 e. The lowest BCUT2D eigenvalue weighted by atomic mass is 9.97. The molecule has 4 heterocycles. The highest BCUT2D eigenvalue weighted by Crippen LogP contribution is 2.22. The predicted molar refractivity (Wildman–Crippen MR) is 106 cm³/mol. The first-order chi connectivity index (χ1) is 13.7. The van der Waals surface area contributed by atoms with Gasteiger partial charge >= 0.3 is 0 Å². The molecule has 0 aliphatic carbocycles. The van der Waals surface area contributed by atoms with Crippen LogP contribution in [0.3, 0.4) is 0 Å². The molecule has 1 unspecified atom stereocenters. The average Bonchev–Trinajstić information content (AvgIpc) is 3.48. The summed E-state index contributed by atoms with van der Waals surface area (Å²) in [6, 6.07) is 1.93. The molecule has 4 rings (SSSR count). The molecule has 1 atom stereocenters. The number of nitrogens with one attached hydrogen (secondary N) is 1. The molecular weight excluding hydrogens is 398 g/mol. The van der Waals surface area contributed by atoms with Crippen LogP contribution in [0.15, 0.2) is 32.9 Å². The maximum absolute atomic E-state index is 12.6. The van der Waals surface area contributed by atoms with Crippen molar-refractivity contribution in [3.63, 3.8) is 0 Å². The van der Waals surface area contributed by atoms with Crippen molar-refractivity contribution in [2.24, 2.45) is 5.92 Å². The van der Waals surface area contributed by atoms with Crippen molar-refractivity contribution in [2.45, 2.75) is 25.7 Å². The summed E-state index contributed by atoms with van der Waals surface area (Å²) >= 11 is 2.95. The van der Waals surface area contributed by atoms with Gasteiger partial charge in [0.25, 0.3) is 0 Å². The van der Waals surface area contributed by atoms with Gasteiger partial charge in [-0.3, -0.25) is 9.59 Å². The molecule has 2 amide bonds. The Bertz CT molecular complexity index is 923. The number of rotatable bonds is 6. The summed E-state index contributed by atoms with van der Waals surface area (Å²) in [5, 5.41) is 13.1. The second kappa shape index (κ2) is 8.61. The van der Waals surface area contributed by atoms with E-state index in [9.17, 15) is 9.59 Å². The normalized spacial score (nSPS) is 16.9. The summed E-state index contributed by atoms with van der Waals surface area (Å²) in [7, 11) is 0. The van der Waals surface area contributed by atoms with E-state index in [1.54, 1.807) is 22.4 Å². The lowest BCUT2D eigenvalue weighted by Gasteiger charge is -2.31. The van der Waals surface area contributed by atoms with E-state index in [0.29, 0.717) is 36.4 Å². The Kier molecular flexibility index (Phi) is 5.77. The molecule has 146 valence electrons. The minimum absolute atomic E-state index is 0.00188. The Morgan fingerprint density at radius 3 is 3.07 bits per heavy atom. The van der Waals surface area contributed by atoms with Crippen LogP contribution in [-0.2, 0) is 16.0 Å². The third-order valence-corrected chi connectivity index (χ3v) is 5.98. The van der Waals surface area contributed by atoms with Gasteiger partial charge in [0, 0.05) is 48.5 Å². The molecule has 1 N–H and O–H groups in total. The Balaban J connectivity index is 1.29. The number of likely N-dealkylation sites (tertiary alicyclic amines) is 1. The van der Waals surface area contributed by atoms with Gasteiger partial charge in [0.2, 0.25) is 23.5 Å². The average molecular weight is 418 g/mol. The molecule has 10 heteroatoms. The summed E-state index contributed by atoms with van der Waals surface area (Å²) in [5.74, 6) is 0.701. The maximum Gasteiger partial charge on any atom is 0.231 e. The fraction of sp³-hybridized carbons (Fsp3) is 0.389. The van der Waals surface area contributed by atoms with Gasteiger partial charge in [0.15, 0.2) is 5.13 Å². The van der Waals surface area contributed by atoms with E-state index in [-0.39, 0.29) is 24.2 Å². The molecule has 1 aliphatic heterocycles. The van der Waals surface area contributed by atoms with Crippen LogP contribution in [0.4, 0.5) is 5.13 Å². The molecule has 0 radical (unpaired) electrons. The molecule has 1 aliphatic rings. The van der Waals surface area contributed by atoms with Gasteiger partial charge in [-0.15, -0.1) is 11.3 Å². The number of hydrogen-bond acceptors (Lipinski definition) is 8. The van der Waals surface area contributed by atoms with Crippen LogP contribution in [0.1, 0.15) is 25.2 Å². The molecule has 8 nitrogen and oxygen atoms in total. The molecule has 0 bridgehead atoms. The second-order valence-corrected chi connectivity index (χ2v) is 8.20. The van der Waals surface area contributed by atoms with E-state index in [4.69, 9.17) is 4.52 Å². The number of amides is 2. The fourth-order valence-corrected chi connectivity index (χ4v) is 4.31. The molecular formula is C18H19N5O3S2. The fourth-order valence-electron chi connectivity index (χ4n) is 3.15. The van der Waals surface area contributed by atoms with Gasteiger partial charge in [-0.05, 0) is 24.3 Å². The first-order valence-electron chi connectivity index (χ1n) is 9.02. The highest BCUT2D eigenvalue weighted by atomic mass is 32.1. The van der Waals surface area contributed by atoms with Crippen molar-refractivity contribution in [1.82, 2.24) is 20.0 Å². The monoisotopic (exact) mass is 417 g/mol. The van der Waals surface area contributed by atoms with Crippen LogP contribution in [0.5, 0.6) is 0 Å². The Morgan fingerprint density at radius 1 is 1.36 bits per heavy atom. The molecule has 3 aromatic heterocycles. The van der Waals surface area contributed by atoms with Crippen LogP contribution in [0.2, 0.25) is 0 Å². The van der Waals surface area contributed by atoms with E-state index < -0.39 is 0 Å². The number of anilines is 1. The van der Waals surface area contributed by atoms with E-state index >= 15 is 0 Å². The Hall–Kier alpha value is -2.59. The van der Waals surface area contributed by atoms with Crippen molar-refractivity contribution < 1.29 is 14.1 Å². The van der Waals surface area contributed by atoms with Crippen molar-refractivity contribution in [3.8, 4) is 11.4 Å². The number of nitrogens with zero attached hydrogens (tertiary/aromatic N) is 4. The summed E-state index contributed by atoms with van der Waals surface area (Å²) in [6.07, 6.45) is 3.91. The quantitative estimate of drug-likeness (QED) is 0.661. The molecule has 3 aromatic rings. The van der Waals surface area contributed by atoms with E-state index in [2.05, 4.69) is 20.4 Å². The SMILES string of the molecule is O=C(Nc1nccs1)C1CCCN(C(=O)CCc2nc(-c3ccsc3)no2)C1. The third-order valence-electron chi connectivity index (χ3n) is 4.61. The highest BCUT2D eigenvalue weighted by Gasteiger charge is 2.28. The first kappa shape index (κ1) is 18.8. The molecule has 0 aromatic carbocycles. The summed E-state index contributed by atoms with van der Waals surface area (Å²) in [6.45, 7) is 1.10. The van der Waals surface area contributed by atoms with Crippen LogP contribution < -0.4 is 5.32 Å². The zero-order valence-electron chi connectivity index (χ0n) is 15.0. The largest absolute Gasteiger partial charge is 0.342 e. The minimum atomic E-state index is -0.213. The van der Waals surface area contributed by atoms with E-state index in [1.807, 2.05) is 22.2 Å². The molecule has 0 spiro atoms. The molecule has 0 saturated carbocycles. The lowest BCUT2D eigenvalue weighted by molar-refractivity contribution is -0.134. The van der Waals surface area contributed by atoms with Gasteiger partial charge in [-0.2, -0.15) is 16.3 Å². The highest BCUT2D eigenvalue weighted by molar-refractivity contribution is 7.13. The van der Waals surface area contributed by atoms with Gasteiger partial charge in [-0.1, -0.05) is 5.16 Å². The first-order valence-corrected chi connectivity index (χ1v) is 10.8. The second-order valence-electron chi connectivity index (χ2n) is 6.53. The zero-order valence-corrected chi connectivity index (χ0v) is 16.7. The number of piperidine rings is 1. The van der Waals surface area contributed by atoms with Crippen molar-refractivity contribution in [2.75, 3.05) is 18.4 Å². The van der Waals surface area contributed by atoms with E-state index in [1.165, 1.54) is 11.3 Å². The molecule has 1 fully saturated rings. The Morgan fingerprint density at radius 2 is 2.29 bits per heavy atom. The van der Waals surface area contributed by atoms with Crippen molar-refractivity contribution >= 4 is 39.6 Å². The van der Waals surface area contributed by atoms with Gasteiger partial charge in [-0.25, -0.2) is 4.98 Å². The number of thiophene rings is 1. The van der Waals surface area contributed by atoms with E-state index in [0.717, 1.165) is 18.4 Å². The summed E-state index contributed by atoms with van der Waals surface area (Å²) < 4.78 is 5.25. The van der Waals surface area contributed by atoms with Crippen molar-refractivity contribution in [1.29, 1.82) is 0 Å². The molecule has 1 saturated heterocycles. The standard InChI is InChI=1S/C18H19N5O3S2/c24-15(4-3-14-20-16(22-26-14)13-5-8-27-11-13)23-7-1-2-12(10-23)17(25)21-18-19-6-9-28-18/h5-6,8-9,11-12H,1-4,7,10H2,(H,19,21,25). The smallest absolute Gasteiger partial charge is 0.231 e. The Labute approximate surface area is 169 Å². The molecule has 28 heavy (non-hydrogen) atoms. The maximum atomic E-state index is 12.6. The summed E-state index contributed by atoms with van der Waals surface area (Å²) in [5.41, 5.74) is 0.913. The van der Waals surface area contributed by atoms with Crippen LogP contribution in [0.25, 0.3) is 11.4 Å². The van der Waals surface area contributed by atoms with Crippen LogP contribution in [0, 0.1) is 5.92 Å². The lowest BCUT2D eigenvalue weighted by Crippen LogP contribution is -2.43. The topological polar surface area (TPSA) is 101 Å². The number of thiazole rings is 1. The number of carbonyl (C=O) groups excluding carboxylic acids is 2. The van der Waals surface area contributed by atoms with Gasteiger partial charge < -0.3 is 14.7 Å². The number of aryl methyl sites for hydroxylation is 1. The predicted octanol–water partition coefficient (Wildman–Crippen LogP) is 3.06. The van der Waals surface area contributed by atoms with Gasteiger partial charge in [0.05, 0.1) is 5.92 Å². The number of aromatic nitrogens is 3. The van der Waals surface area contributed by atoms with Gasteiger partial charge in [0.1, 0.15) is 0 Å². The summed E-state index contributed by atoms with van der Waals surface area (Å²) in [4.78, 5) is 35.2. The van der Waals surface area contributed by atoms with Crippen LogP contribution >= 0.6 is 22.7 Å². The number of hydrogen-bond donors (Lipinski definition) is 1. The number of carbonyl (C=O) groups is 2.